The molecule has 6 heteroatoms. The number of amides is 1. The molecule has 1 N–H and O–H groups in total. The highest BCUT2D eigenvalue weighted by Gasteiger charge is 2.15. The number of benzene rings is 2. The molecule has 0 saturated carbocycles. The first kappa shape index (κ1) is 19.8. The maximum Gasteiger partial charge on any atom is 0.260 e. The van der Waals surface area contributed by atoms with Gasteiger partial charge in [0.25, 0.3) is 5.91 Å². The quantitative estimate of drug-likeness (QED) is 0.685. The second kappa shape index (κ2) is 9.87. The normalized spacial score (nSPS) is 13.1. The summed E-state index contributed by atoms with van der Waals surface area (Å²) in [7, 11) is 0. The number of carbonyl (C=O) groups excluding carboxylic acids is 1. The van der Waals surface area contributed by atoms with Crippen LogP contribution in [0.4, 0.5) is 8.78 Å². The minimum Gasteiger partial charge on any atom is -0.481 e. The minimum atomic E-state index is -1.01. The zero-order chi connectivity index (χ0) is 18.9. The average Bonchev–Trinajstić information content (AvgIpc) is 2.64. The lowest BCUT2D eigenvalue weighted by Gasteiger charge is -2.16. The van der Waals surface area contributed by atoms with Gasteiger partial charge in [-0.3, -0.25) is 4.79 Å². The van der Waals surface area contributed by atoms with Crippen LogP contribution in [0.3, 0.4) is 0 Å². The van der Waals surface area contributed by atoms with Gasteiger partial charge in [0.2, 0.25) is 0 Å². The molecule has 0 bridgehead atoms. The van der Waals surface area contributed by atoms with Crippen LogP contribution in [0.1, 0.15) is 31.9 Å². The smallest absolute Gasteiger partial charge is 0.260 e. The highest BCUT2D eigenvalue weighted by Crippen LogP contribution is 2.17. The molecule has 0 spiro atoms. The molecule has 0 fully saturated rings. The Bertz CT molecular complexity index is 709. The van der Waals surface area contributed by atoms with Gasteiger partial charge >= 0.3 is 0 Å². The standard InChI is InChI=1S/C20H23F2NO3/c1-14(16-7-4-3-5-8-16)25-12-6-11-23-20(24)15(2)26-17-9-10-18(21)19(22)13-17/h3-5,7-10,13-15H,6,11-12H2,1-2H3,(H,23,24). The Hall–Kier alpha value is -2.47. The number of ether oxygens (including phenoxy) is 2. The summed E-state index contributed by atoms with van der Waals surface area (Å²) >= 11 is 0. The molecular formula is C20H23F2NO3. The fourth-order valence-electron chi connectivity index (χ4n) is 2.32. The first-order valence-corrected chi connectivity index (χ1v) is 8.53. The molecule has 0 saturated heterocycles. The van der Waals surface area contributed by atoms with Crippen molar-refractivity contribution in [3.05, 3.63) is 65.7 Å². The van der Waals surface area contributed by atoms with Crippen LogP contribution in [0.5, 0.6) is 5.75 Å². The van der Waals surface area contributed by atoms with Crippen LogP contribution in [0.2, 0.25) is 0 Å². The summed E-state index contributed by atoms with van der Waals surface area (Å²) in [6.07, 6.45) is -0.174. The third-order valence-electron chi connectivity index (χ3n) is 3.83. The Labute approximate surface area is 152 Å². The van der Waals surface area contributed by atoms with Crippen molar-refractivity contribution in [2.24, 2.45) is 0 Å². The summed E-state index contributed by atoms with van der Waals surface area (Å²) in [5.74, 6) is -2.20. The first-order chi connectivity index (χ1) is 12.5. The van der Waals surface area contributed by atoms with Crippen molar-refractivity contribution in [3.63, 3.8) is 0 Å². The Balaban J connectivity index is 1.65. The zero-order valence-corrected chi connectivity index (χ0v) is 14.9. The van der Waals surface area contributed by atoms with E-state index in [0.717, 1.165) is 17.7 Å². The van der Waals surface area contributed by atoms with Gasteiger partial charge in [-0.05, 0) is 38.0 Å². The van der Waals surface area contributed by atoms with Crippen LogP contribution in [-0.2, 0) is 9.53 Å². The van der Waals surface area contributed by atoms with Crippen LogP contribution in [-0.4, -0.2) is 25.2 Å². The summed E-state index contributed by atoms with van der Waals surface area (Å²) in [5.41, 5.74) is 1.10. The Kier molecular flexibility index (Phi) is 7.53. The maximum absolute atomic E-state index is 13.1. The van der Waals surface area contributed by atoms with E-state index in [9.17, 15) is 13.6 Å². The van der Waals surface area contributed by atoms with Gasteiger partial charge < -0.3 is 14.8 Å². The third-order valence-corrected chi connectivity index (χ3v) is 3.83. The van der Waals surface area contributed by atoms with E-state index in [1.165, 1.54) is 6.07 Å². The molecule has 0 aliphatic heterocycles. The molecule has 0 aliphatic carbocycles. The number of rotatable bonds is 9. The van der Waals surface area contributed by atoms with E-state index in [2.05, 4.69) is 5.32 Å². The second-order valence-electron chi connectivity index (χ2n) is 5.90. The molecule has 0 heterocycles. The predicted octanol–water partition coefficient (Wildman–Crippen LogP) is 4.02. The SMILES string of the molecule is CC(Oc1ccc(F)c(F)c1)C(=O)NCCCOC(C)c1ccccc1. The van der Waals surface area contributed by atoms with Crippen molar-refractivity contribution in [2.75, 3.05) is 13.2 Å². The number of nitrogens with one attached hydrogen (secondary N) is 1. The lowest BCUT2D eigenvalue weighted by atomic mass is 10.1. The summed E-state index contributed by atoms with van der Waals surface area (Å²) in [6.45, 7) is 4.47. The minimum absolute atomic E-state index is 0.0115. The topological polar surface area (TPSA) is 47.6 Å². The fourth-order valence-corrected chi connectivity index (χ4v) is 2.32. The van der Waals surface area contributed by atoms with Crippen molar-refractivity contribution >= 4 is 5.91 Å². The Morgan fingerprint density at radius 1 is 1.08 bits per heavy atom. The van der Waals surface area contributed by atoms with Crippen LogP contribution in [0.15, 0.2) is 48.5 Å². The highest BCUT2D eigenvalue weighted by atomic mass is 19.2. The van der Waals surface area contributed by atoms with Gasteiger partial charge in [-0.1, -0.05) is 30.3 Å². The zero-order valence-electron chi connectivity index (χ0n) is 14.9. The van der Waals surface area contributed by atoms with Crippen molar-refractivity contribution in [2.45, 2.75) is 32.5 Å². The molecule has 140 valence electrons. The number of halogens is 2. The molecule has 2 unspecified atom stereocenters. The van der Waals surface area contributed by atoms with Crippen molar-refractivity contribution < 1.29 is 23.0 Å². The fraction of sp³-hybridized carbons (Fsp3) is 0.350. The molecule has 2 aromatic rings. The van der Waals surface area contributed by atoms with Gasteiger partial charge in [0.1, 0.15) is 5.75 Å². The third kappa shape index (κ3) is 6.11. The molecule has 2 rings (SSSR count). The number of hydrogen-bond donors (Lipinski definition) is 1. The first-order valence-electron chi connectivity index (χ1n) is 8.53. The van der Waals surface area contributed by atoms with Crippen molar-refractivity contribution in [3.8, 4) is 5.75 Å². The van der Waals surface area contributed by atoms with E-state index in [0.29, 0.717) is 19.6 Å². The Morgan fingerprint density at radius 2 is 1.81 bits per heavy atom. The van der Waals surface area contributed by atoms with Gasteiger partial charge in [0.05, 0.1) is 6.10 Å². The number of hydrogen-bond acceptors (Lipinski definition) is 3. The maximum atomic E-state index is 13.1. The highest BCUT2D eigenvalue weighted by molar-refractivity contribution is 5.80. The second-order valence-corrected chi connectivity index (χ2v) is 5.90. The summed E-state index contributed by atoms with van der Waals surface area (Å²) in [4.78, 5) is 12.0. The lowest BCUT2D eigenvalue weighted by Crippen LogP contribution is -2.37. The monoisotopic (exact) mass is 363 g/mol. The summed E-state index contributed by atoms with van der Waals surface area (Å²) < 4.78 is 37.1. The van der Waals surface area contributed by atoms with Crippen LogP contribution in [0.25, 0.3) is 0 Å². The molecule has 4 nitrogen and oxygen atoms in total. The van der Waals surface area contributed by atoms with Crippen LogP contribution < -0.4 is 10.1 Å². The van der Waals surface area contributed by atoms with Gasteiger partial charge in [0, 0.05) is 19.2 Å². The predicted molar refractivity (Wildman–Crippen MR) is 94.9 cm³/mol. The molecule has 0 aromatic heterocycles. The van der Waals surface area contributed by atoms with E-state index < -0.39 is 17.7 Å². The molecule has 2 aromatic carbocycles. The van der Waals surface area contributed by atoms with Crippen molar-refractivity contribution in [1.29, 1.82) is 0 Å². The van der Waals surface area contributed by atoms with E-state index >= 15 is 0 Å². The molecule has 1 amide bonds. The van der Waals surface area contributed by atoms with Crippen LogP contribution in [0, 0.1) is 11.6 Å². The van der Waals surface area contributed by atoms with Gasteiger partial charge in [-0.25, -0.2) is 8.78 Å². The van der Waals surface area contributed by atoms with Crippen LogP contribution >= 0.6 is 0 Å². The largest absolute Gasteiger partial charge is 0.481 e. The Morgan fingerprint density at radius 3 is 2.50 bits per heavy atom. The lowest BCUT2D eigenvalue weighted by molar-refractivity contribution is -0.127. The molecule has 0 radical (unpaired) electrons. The summed E-state index contributed by atoms with van der Waals surface area (Å²) in [5, 5.41) is 2.73. The number of carbonyl (C=O) groups is 1. The van der Waals surface area contributed by atoms with E-state index in [1.54, 1.807) is 6.92 Å². The molecule has 2 atom stereocenters. The molecule has 0 aliphatic rings. The average molecular weight is 363 g/mol. The van der Waals surface area contributed by atoms with E-state index in [4.69, 9.17) is 9.47 Å². The van der Waals surface area contributed by atoms with Gasteiger partial charge in [-0.2, -0.15) is 0 Å². The van der Waals surface area contributed by atoms with Crippen molar-refractivity contribution in [1.82, 2.24) is 5.32 Å². The van der Waals surface area contributed by atoms with Gasteiger partial charge in [0.15, 0.2) is 17.7 Å². The summed E-state index contributed by atoms with van der Waals surface area (Å²) in [6, 6.07) is 13.0. The van der Waals surface area contributed by atoms with E-state index in [1.807, 2.05) is 37.3 Å². The molecular weight excluding hydrogens is 340 g/mol. The van der Waals surface area contributed by atoms with Gasteiger partial charge in [-0.15, -0.1) is 0 Å². The molecule has 26 heavy (non-hydrogen) atoms. The van der Waals surface area contributed by atoms with E-state index in [-0.39, 0.29) is 17.8 Å².